The fourth-order valence-electron chi connectivity index (χ4n) is 5.61. The highest BCUT2D eigenvalue weighted by Gasteiger charge is 2.41. The van der Waals surface area contributed by atoms with Crippen LogP contribution in [-0.2, 0) is 19.7 Å². The molecule has 0 saturated carbocycles. The summed E-state index contributed by atoms with van der Waals surface area (Å²) >= 11 is 0. The third-order valence-corrected chi connectivity index (χ3v) is 7.91. The first-order valence-corrected chi connectivity index (χ1v) is 15.1. The number of piperidine rings is 2. The molecular weight excluding hydrogens is 540 g/mol. The Morgan fingerprint density at radius 2 is 1.83 bits per heavy atom. The molecule has 0 aromatic carbocycles. The van der Waals surface area contributed by atoms with E-state index in [0.29, 0.717) is 56.4 Å². The molecule has 12 heteroatoms. The molecule has 1 aromatic rings. The van der Waals surface area contributed by atoms with Gasteiger partial charge in [-0.1, -0.05) is 34.6 Å². The van der Waals surface area contributed by atoms with Gasteiger partial charge in [-0.05, 0) is 31.6 Å². The van der Waals surface area contributed by atoms with Gasteiger partial charge in [0.25, 0.3) is 5.91 Å². The van der Waals surface area contributed by atoms with E-state index in [-0.39, 0.29) is 42.3 Å². The maximum absolute atomic E-state index is 14.3. The number of ether oxygens (including phenoxy) is 2. The number of hydrogen-bond donors (Lipinski definition) is 2. The lowest BCUT2D eigenvalue weighted by atomic mass is 9.90. The van der Waals surface area contributed by atoms with E-state index in [1.165, 1.54) is 4.90 Å². The molecular formula is C30H50N6O6. The Bertz CT molecular complexity index is 1070. The fourth-order valence-corrected chi connectivity index (χ4v) is 5.61. The highest BCUT2D eigenvalue weighted by molar-refractivity contribution is 5.98. The zero-order chi connectivity index (χ0) is 31.0. The first-order valence-electron chi connectivity index (χ1n) is 15.1. The number of carboxylic acid groups (broad SMARTS) is 1. The average molecular weight is 591 g/mol. The van der Waals surface area contributed by atoms with Crippen LogP contribution in [-0.4, -0.2) is 120 Å². The second-order valence-electron chi connectivity index (χ2n) is 12.9. The minimum Gasteiger partial charge on any atom is -0.465 e. The Balaban J connectivity index is 1.92. The summed E-state index contributed by atoms with van der Waals surface area (Å²) < 4.78 is 10.6. The van der Waals surface area contributed by atoms with Crippen molar-refractivity contribution < 1.29 is 29.0 Å². The minimum atomic E-state index is -1.09. The van der Waals surface area contributed by atoms with E-state index in [1.807, 2.05) is 39.5 Å². The quantitative estimate of drug-likeness (QED) is 0.372. The number of rotatable bonds is 11. The lowest BCUT2D eigenvalue weighted by molar-refractivity contribution is -0.140. The van der Waals surface area contributed by atoms with Crippen LogP contribution in [0.2, 0.25) is 0 Å². The summed E-state index contributed by atoms with van der Waals surface area (Å²) in [5.74, 6) is 0.307. The number of nitrogens with zero attached hydrogens (tertiary/aromatic N) is 5. The number of carbonyl (C=O) groups excluding carboxylic acids is 2. The molecule has 0 unspecified atom stereocenters. The first kappa shape index (κ1) is 33.5. The Hall–Kier alpha value is -2.99. The van der Waals surface area contributed by atoms with E-state index >= 15 is 0 Å². The van der Waals surface area contributed by atoms with Gasteiger partial charge in [-0.3, -0.25) is 9.59 Å². The molecule has 12 nitrogen and oxygen atoms in total. The maximum atomic E-state index is 14.3. The third kappa shape index (κ3) is 8.76. The molecule has 2 aliphatic heterocycles. The van der Waals surface area contributed by atoms with Crippen molar-refractivity contribution >= 4 is 23.7 Å². The Kier molecular flexibility index (Phi) is 11.9. The largest absolute Gasteiger partial charge is 0.465 e. The van der Waals surface area contributed by atoms with E-state index in [4.69, 9.17) is 14.5 Å². The van der Waals surface area contributed by atoms with Gasteiger partial charge in [0.05, 0.1) is 18.1 Å². The summed E-state index contributed by atoms with van der Waals surface area (Å²) in [6.07, 6.45) is 3.24. The summed E-state index contributed by atoms with van der Waals surface area (Å²) in [6, 6.07) is -0.473. The van der Waals surface area contributed by atoms with Crippen LogP contribution in [0.25, 0.3) is 0 Å². The summed E-state index contributed by atoms with van der Waals surface area (Å²) in [5.41, 5.74) is 0.0109. The number of hydrogen-bond acceptors (Lipinski definition) is 8. The van der Waals surface area contributed by atoms with Crippen molar-refractivity contribution in [2.45, 2.75) is 77.9 Å². The number of anilines is 1. The number of amides is 3. The molecule has 1 aromatic heterocycles. The Labute approximate surface area is 250 Å². The van der Waals surface area contributed by atoms with Crippen LogP contribution >= 0.6 is 0 Å². The smallest absolute Gasteiger partial charge is 0.407 e. The average Bonchev–Trinajstić information content (AvgIpc) is 2.96. The zero-order valence-electron chi connectivity index (χ0n) is 26.4. The molecule has 2 fully saturated rings. The summed E-state index contributed by atoms with van der Waals surface area (Å²) in [7, 11) is 3.33. The van der Waals surface area contributed by atoms with Crippen molar-refractivity contribution in [3.8, 4) is 0 Å². The van der Waals surface area contributed by atoms with Gasteiger partial charge < -0.3 is 34.6 Å². The molecule has 236 valence electrons. The van der Waals surface area contributed by atoms with Crippen molar-refractivity contribution in [1.29, 1.82) is 0 Å². The molecule has 3 heterocycles. The van der Waals surface area contributed by atoms with Gasteiger partial charge in [-0.25, -0.2) is 14.8 Å². The highest BCUT2D eigenvalue weighted by atomic mass is 16.5. The first-order chi connectivity index (χ1) is 19.8. The monoisotopic (exact) mass is 590 g/mol. The predicted octanol–water partition coefficient (Wildman–Crippen LogP) is 3.33. The number of carbonyl (C=O) groups is 3. The number of likely N-dealkylation sites (tertiary alicyclic amines) is 2. The lowest BCUT2D eigenvalue weighted by Gasteiger charge is -2.43. The molecule has 2 N–H and O–H groups in total. The van der Waals surface area contributed by atoms with Crippen molar-refractivity contribution in [2.75, 3.05) is 65.4 Å². The molecule has 0 radical (unpaired) electrons. The van der Waals surface area contributed by atoms with Crippen LogP contribution in [0.4, 0.5) is 10.6 Å². The SMILES string of the molecule is COCCCNc1nc(C(C)(C)C)ncc1C(=O)N(CC(C)C)[C@H]1C[C@@H](C(=O)N2CCC(OC)CC2)CN(C(=O)O)C1. The maximum Gasteiger partial charge on any atom is 0.407 e. The minimum absolute atomic E-state index is 0.0594. The topological polar surface area (TPSA) is 137 Å². The molecule has 0 bridgehead atoms. The van der Waals surface area contributed by atoms with Crippen LogP contribution in [0, 0.1) is 11.8 Å². The standard InChI is InChI=1S/C30H50N6O6/c1-20(2)17-36(27(38)24-16-32-28(30(3,4)5)33-25(24)31-11-8-14-41-6)22-15-21(18-35(19-22)29(39)40)26(37)34-12-9-23(42-7)10-13-34/h16,20-23H,8-15,17-19H2,1-7H3,(H,39,40)(H,31,32,33)/t21-,22+/m1/s1. The number of methoxy groups -OCH3 is 2. The van der Waals surface area contributed by atoms with Gasteiger partial charge in [0.2, 0.25) is 5.91 Å². The summed E-state index contributed by atoms with van der Waals surface area (Å²) in [6.45, 7) is 13.0. The summed E-state index contributed by atoms with van der Waals surface area (Å²) in [4.78, 5) is 54.2. The van der Waals surface area contributed by atoms with Gasteiger partial charge in [-0.15, -0.1) is 0 Å². The molecule has 0 aliphatic carbocycles. The Morgan fingerprint density at radius 1 is 1.14 bits per heavy atom. The second kappa shape index (κ2) is 15.0. The van der Waals surface area contributed by atoms with Crippen LogP contribution in [0.1, 0.15) is 76.5 Å². The van der Waals surface area contributed by atoms with Crippen LogP contribution < -0.4 is 5.32 Å². The van der Waals surface area contributed by atoms with Crippen molar-refractivity contribution in [2.24, 2.45) is 11.8 Å². The summed E-state index contributed by atoms with van der Waals surface area (Å²) in [5, 5.41) is 13.3. The Morgan fingerprint density at radius 3 is 2.40 bits per heavy atom. The fraction of sp³-hybridized carbons (Fsp3) is 0.767. The zero-order valence-corrected chi connectivity index (χ0v) is 26.4. The van der Waals surface area contributed by atoms with E-state index in [1.54, 1.807) is 25.3 Å². The van der Waals surface area contributed by atoms with E-state index in [9.17, 15) is 19.5 Å². The van der Waals surface area contributed by atoms with Gasteiger partial charge >= 0.3 is 6.09 Å². The van der Waals surface area contributed by atoms with Crippen LogP contribution in [0.5, 0.6) is 0 Å². The van der Waals surface area contributed by atoms with Crippen molar-refractivity contribution in [3.05, 3.63) is 17.6 Å². The van der Waals surface area contributed by atoms with E-state index in [0.717, 1.165) is 19.3 Å². The van der Waals surface area contributed by atoms with E-state index in [2.05, 4.69) is 10.3 Å². The molecule has 2 saturated heterocycles. The third-order valence-electron chi connectivity index (χ3n) is 7.91. The normalized spacial score (nSPS) is 20.1. The highest BCUT2D eigenvalue weighted by Crippen LogP contribution is 2.29. The van der Waals surface area contributed by atoms with Crippen LogP contribution in [0.15, 0.2) is 6.20 Å². The number of nitrogens with one attached hydrogen (secondary N) is 1. The van der Waals surface area contributed by atoms with Gasteiger partial charge in [-0.2, -0.15) is 0 Å². The lowest BCUT2D eigenvalue weighted by Crippen LogP contribution is -2.57. The molecule has 3 rings (SSSR count). The van der Waals surface area contributed by atoms with Gasteiger partial charge in [0.1, 0.15) is 17.2 Å². The number of aromatic nitrogens is 2. The van der Waals surface area contributed by atoms with Gasteiger partial charge in [0.15, 0.2) is 0 Å². The molecule has 2 atom stereocenters. The predicted molar refractivity (Wildman–Crippen MR) is 160 cm³/mol. The molecule has 2 aliphatic rings. The molecule has 42 heavy (non-hydrogen) atoms. The van der Waals surface area contributed by atoms with Gasteiger partial charge in [0, 0.05) is 71.7 Å². The molecule has 3 amide bonds. The van der Waals surface area contributed by atoms with Crippen molar-refractivity contribution in [1.82, 2.24) is 24.7 Å². The van der Waals surface area contributed by atoms with Crippen molar-refractivity contribution in [3.63, 3.8) is 0 Å². The van der Waals surface area contributed by atoms with Crippen LogP contribution in [0.3, 0.4) is 0 Å². The van der Waals surface area contributed by atoms with E-state index < -0.39 is 18.1 Å². The molecule has 0 spiro atoms. The second-order valence-corrected chi connectivity index (χ2v) is 12.9.